The molecule has 0 saturated carbocycles. The lowest BCUT2D eigenvalue weighted by Gasteiger charge is -2.36. The van der Waals surface area contributed by atoms with Gasteiger partial charge < -0.3 is 0 Å². The van der Waals surface area contributed by atoms with Crippen molar-refractivity contribution in [3.05, 3.63) is 0 Å². The molecule has 0 spiro atoms. The molecule has 84 valence electrons. The summed E-state index contributed by atoms with van der Waals surface area (Å²) in [6.45, 7) is 7.40. The molecule has 5 nitrogen and oxygen atoms in total. The molecule has 1 aliphatic heterocycles. The lowest BCUT2D eigenvalue weighted by atomic mass is 10.2. The molecular weight excluding hydrogens is 204 g/mol. The van der Waals surface area contributed by atoms with Gasteiger partial charge in [0.25, 0.3) is 10.1 Å². The van der Waals surface area contributed by atoms with Crippen LogP contribution in [0.5, 0.6) is 0 Å². The highest BCUT2D eigenvalue weighted by Crippen LogP contribution is 2.06. The molecule has 0 amide bonds. The number of hydrogen-bond acceptors (Lipinski definition) is 4. The third-order valence-electron chi connectivity index (χ3n) is 2.48. The highest BCUT2D eigenvalue weighted by molar-refractivity contribution is 7.85. The largest absolute Gasteiger partial charge is 0.298 e. The average molecular weight is 222 g/mol. The van der Waals surface area contributed by atoms with E-state index in [9.17, 15) is 8.42 Å². The van der Waals surface area contributed by atoms with E-state index >= 15 is 0 Å². The van der Waals surface area contributed by atoms with Crippen molar-refractivity contribution in [3.63, 3.8) is 0 Å². The fraction of sp³-hybridized carbons (Fsp3) is 1.00. The van der Waals surface area contributed by atoms with Gasteiger partial charge in [-0.15, -0.1) is 0 Å². The van der Waals surface area contributed by atoms with Crippen LogP contribution in [0.1, 0.15) is 13.8 Å². The van der Waals surface area contributed by atoms with Gasteiger partial charge in [0.2, 0.25) is 0 Å². The van der Waals surface area contributed by atoms with Crippen molar-refractivity contribution in [3.8, 4) is 0 Å². The van der Waals surface area contributed by atoms with Crippen LogP contribution >= 0.6 is 0 Å². The molecule has 0 radical (unpaired) electrons. The first-order chi connectivity index (χ1) is 6.38. The van der Waals surface area contributed by atoms with E-state index in [0.29, 0.717) is 19.1 Å². The fourth-order valence-corrected chi connectivity index (χ4v) is 2.36. The quantitative estimate of drug-likeness (QED) is 0.673. The van der Waals surface area contributed by atoms with Gasteiger partial charge in [-0.1, -0.05) is 0 Å². The summed E-state index contributed by atoms with van der Waals surface area (Å²) in [5.41, 5.74) is 0. The molecule has 0 aliphatic carbocycles. The Hall–Kier alpha value is -0.170. The SMILES string of the molecule is CC(C)N1CCN(CS(=O)(=O)O)CC1. The van der Waals surface area contributed by atoms with Gasteiger partial charge in [0.15, 0.2) is 0 Å². The molecule has 6 heteroatoms. The lowest BCUT2D eigenvalue weighted by Crippen LogP contribution is -2.49. The van der Waals surface area contributed by atoms with Gasteiger partial charge in [0, 0.05) is 32.2 Å². The molecule has 1 fully saturated rings. The fourth-order valence-electron chi connectivity index (χ4n) is 1.64. The van der Waals surface area contributed by atoms with Crippen molar-refractivity contribution in [2.45, 2.75) is 19.9 Å². The van der Waals surface area contributed by atoms with Gasteiger partial charge in [-0.3, -0.25) is 14.4 Å². The Labute approximate surface area is 85.4 Å². The van der Waals surface area contributed by atoms with E-state index in [0.717, 1.165) is 13.1 Å². The summed E-state index contributed by atoms with van der Waals surface area (Å²) in [5.74, 6) is -0.237. The third kappa shape index (κ3) is 3.91. The Kier molecular flexibility index (Phi) is 3.88. The summed E-state index contributed by atoms with van der Waals surface area (Å²) in [7, 11) is -3.85. The summed E-state index contributed by atoms with van der Waals surface area (Å²) in [5, 5.41) is 0. The first kappa shape index (κ1) is 11.9. The van der Waals surface area contributed by atoms with Crippen molar-refractivity contribution < 1.29 is 13.0 Å². The molecule has 0 unspecified atom stereocenters. The molecule has 0 aromatic heterocycles. The predicted octanol–water partition coefficient (Wildman–Crippen LogP) is -0.142. The Bertz CT molecular complexity index is 268. The molecule has 1 aliphatic rings. The normalized spacial score (nSPS) is 21.7. The van der Waals surface area contributed by atoms with Crippen LogP contribution in [-0.2, 0) is 10.1 Å². The van der Waals surface area contributed by atoms with Crippen molar-refractivity contribution in [1.82, 2.24) is 9.80 Å². The van der Waals surface area contributed by atoms with Crippen molar-refractivity contribution in [2.75, 3.05) is 32.1 Å². The minimum Gasteiger partial charge on any atom is -0.298 e. The molecule has 14 heavy (non-hydrogen) atoms. The van der Waals surface area contributed by atoms with E-state index in [4.69, 9.17) is 4.55 Å². The molecule has 1 heterocycles. The molecule has 1 N–H and O–H groups in total. The topological polar surface area (TPSA) is 60.9 Å². The van der Waals surface area contributed by atoms with Crippen LogP contribution in [0.25, 0.3) is 0 Å². The maximum atomic E-state index is 10.6. The lowest BCUT2D eigenvalue weighted by molar-refractivity contribution is 0.119. The second-order valence-corrected chi connectivity index (χ2v) is 5.38. The Morgan fingerprint density at radius 1 is 1.21 bits per heavy atom. The van der Waals surface area contributed by atoms with E-state index in [1.165, 1.54) is 0 Å². The number of piperazine rings is 1. The van der Waals surface area contributed by atoms with Crippen LogP contribution in [0.3, 0.4) is 0 Å². The minimum absolute atomic E-state index is 0.237. The maximum Gasteiger partial charge on any atom is 0.278 e. The number of nitrogens with zero attached hydrogens (tertiary/aromatic N) is 2. The first-order valence-electron chi connectivity index (χ1n) is 4.80. The standard InChI is InChI=1S/C8H18N2O3S/c1-8(2)10-5-3-9(4-6-10)7-14(11,12)13/h8H,3-7H2,1-2H3,(H,11,12,13). The smallest absolute Gasteiger partial charge is 0.278 e. The van der Waals surface area contributed by atoms with Gasteiger partial charge in [-0.25, -0.2) is 0 Å². The van der Waals surface area contributed by atoms with Crippen LogP contribution in [-0.4, -0.2) is 60.9 Å². The van der Waals surface area contributed by atoms with Gasteiger partial charge in [-0.05, 0) is 13.8 Å². The molecular formula is C8H18N2O3S. The summed E-state index contributed by atoms with van der Waals surface area (Å²) in [4.78, 5) is 4.05. The third-order valence-corrected chi connectivity index (χ3v) is 3.17. The van der Waals surface area contributed by atoms with E-state index in [1.54, 1.807) is 4.90 Å². The number of hydrogen-bond donors (Lipinski definition) is 1. The summed E-state index contributed by atoms with van der Waals surface area (Å²) in [6, 6.07) is 0.503. The van der Waals surface area contributed by atoms with Crippen LogP contribution < -0.4 is 0 Å². The van der Waals surface area contributed by atoms with Crippen molar-refractivity contribution >= 4 is 10.1 Å². The predicted molar refractivity (Wildman–Crippen MR) is 54.7 cm³/mol. The highest BCUT2D eigenvalue weighted by Gasteiger charge is 2.21. The van der Waals surface area contributed by atoms with Crippen LogP contribution in [0.2, 0.25) is 0 Å². The average Bonchev–Trinajstić information content (AvgIpc) is 2.02. The first-order valence-corrected chi connectivity index (χ1v) is 6.41. The van der Waals surface area contributed by atoms with Gasteiger partial charge in [0.1, 0.15) is 5.88 Å². The zero-order valence-electron chi connectivity index (χ0n) is 8.68. The highest BCUT2D eigenvalue weighted by atomic mass is 32.2. The second-order valence-electron chi connectivity index (χ2n) is 3.96. The maximum absolute atomic E-state index is 10.6. The Morgan fingerprint density at radius 3 is 2.07 bits per heavy atom. The molecule has 0 aromatic rings. The zero-order valence-corrected chi connectivity index (χ0v) is 9.50. The van der Waals surface area contributed by atoms with Gasteiger partial charge in [-0.2, -0.15) is 8.42 Å². The summed E-state index contributed by atoms with van der Waals surface area (Å²) in [6.07, 6.45) is 0. The Balaban J connectivity index is 2.36. The molecule has 0 bridgehead atoms. The van der Waals surface area contributed by atoms with E-state index in [2.05, 4.69) is 18.7 Å². The van der Waals surface area contributed by atoms with Crippen LogP contribution in [0.4, 0.5) is 0 Å². The van der Waals surface area contributed by atoms with Gasteiger partial charge >= 0.3 is 0 Å². The van der Waals surface area contributed by atoms with Crippen LogP contribution in [0.15, 0.2) is 0 Å². The van der Waals surface area contributed by atoms with E-state index in [1.807, 2.05) is 0 Å². The van der Waals surface area contributed by atoms with E-state index in [-0.39, 0.29) is 5.88 Å². The van der Waals surface area contributed by atoms with Crippen LogP contribution in [0, 0.1) is 0 Å². The Morgan fingerprint density at radius 2 is 1.71 bits per heavy atom. The molecule has 1 rings (SSSR count). The van der Waals surface area contributed by atoms with Crippen molar-refractivity contribution in [2.24, 2.45) is 0 Å². The molecule has 0 atom stereocenters. The summed E-state index contributed by atoms with van der Waals surface area (Å²) >= 11 is 0. The number of rotatable bonds is 3. The zero-order chi connectivity index (χ0) is 10.8. The minimum atomic E-state index is -3.85. The monoisotopic (exact) mass is 222 g/mol. The van der Waals surface area contributed by atoms with Crippen molar-refractivity contribution in [1.29, 1.82) is 0 Å². The van der Waals surface area contributed by atoms with Gasteiger partial charge in [0.05, 0.1) is 0 Å². The second kappa shape index (κ2) is 4.57. The molecule has 0 aromatic carbocycles. The molecule has 1 saturated heterocycles. The van der Waals surface area contributed by atoms with E-state index < -0.39 is 10.1 Å². The summed E-state index contributed by atoms with van der Waals surface area (Å²) < 4.78 is 29.9.